The van der Waals surface area contributed by atoms with Crippen molar-refractivity contribution >= 4 is 11.0 Å². The van der Waals surface area contributed by atoms with Crippen LogP contribution in [0.25, 0.3) is 22.3 Å². The molecule has 0 aliphatic rings. The largest absolute Gasteiger partial charge is 0.481 e. The molecule has 0 aliphatic heterocycles. The van der Waals surface area contributed by atoms with Crippen molar-refractivity contribution in [1.82, 2.24) is 24.9 Å². The van der Waals surface area contributed by atoms with Crippen molar-refractivity contribution in [3.8, 4) is 28.8 Å². The van der Waals surface area contributed by atoms with Crippen LogP contribution in [0.2, 0.25) is 0 Å². The second-order valence-electron chi connectivity index (χ2n) is 6.62. The highest BCUT2D eigenvalue weighted by Gasteiger charge is 2.15. The second-order valence-corrected chi connectivity index (χ2v) is 6.62. The van der Waals surface area contributed by atoms with Crippen LogP contribution in [-0.2, 0) is 0 Å². The van der Waals surface area contributed by atoms with Crippen LogP contribution in [0.4, 0.5) is 0 Å². The predicted octanol–water partition coefficient (Wildman–Crippen LogP) is 4.69. The predicted molar refractivity (Wildman–Crippen MR) is 116 cm³/mol. The van der Waals surface area contributed by atoms with E-state index in [1.165, 1.54) is 0 Å². The number of pyridine rings is 1. The molecule has 5 aromatic rings. The summed E-state index contributed by atoms with van der Waals surface area (Å²) in [5, 5.41) is 0. The molecule has 2 radical (unpaired) electrons. The van der Waals surface area contributed by atoms with Gasteiger partial charge >= 0.3 is 0 Å². The molecule has 31 heavy (non-hydrogen) atoms. The summed E-state index contributed by atoms with van der Waals surface area (Å²) < 4.78 is 11.4. The van der Waals surface area contributed by atoms with E-state index in [-0.39, 0.29) is 0 Å². The Kier molecular flexibility index (Phi) is 4.98. The number of hydrogen-bond acceptors (Lipinski definition) is 6. The lowest BCUT2D eigenvalue weighted by Crippen LogP contribution is -1.97. The molecule has 0 unspecified atom stereocenters. The minimum atomic E-state index is 0.367. The number of benzene rings is 2. The molecule has 7 nitrogen and oxygen atoms in total. The molecule has 0 atom stereocenters. The van der Waals surface area contributed by atoms with E-state index in [1.807, 2.05) is 60.7 Å². The summed E-state index contributed by atoms with van der Waals surface area (Å²) >= 11 is 0. The smallest absolute Gasteiger partial charge is 0.246 e. The van der Waals surface area contributed by atoms with Gasteiger partial charge in [0, 0.05) is 18.6 Å². The molecule has 0 amide bonds. The lowest BCUT2D eigenvalue weighted by Gasteiger charge is -2.11. The molecule has 5 rings (SSSR count). The van der Waals surface area contributed by atoms with Crippen LogP contribution in [0.15, 0.2) is 79.3 Å². The van der Waals surface area contributed by atoms with Crippen LogP contribution in [0.1, 0.15) is 11.4 Å². The van der Waals surface area contributed by atoms with E-state index < -0.39 is 0 Å². The van der Waals surface area contributed by atoms with Crippen LogP contribution < -0.4 is 9.47 Å². The summed E-state index contributed by atoms with van der Waals surface area (Å²) in [6.07, 6.45) is 8.11. The summed E-state index contributed by atoms with van der Waals surface area (Å²) in [5.41, 5.74) is 4.02. The van der Waals surface area contributed by atoms with Gasteiger partial charge < -0.3 is 14.5 Å². The van der Waals surface area contributed by atoms with Crippen LogP contribution in [-0.4, -0.2) is 32.0 Å². The number of rotatable bonds is 6. The Morgan fingerprint density at radius 2 is 1.61 bits per heavy atom. The maximum absolute atomic E-state index is 6.01. The van der Waals surface area contributed by atoms with Gasteiger partial charge in [0.1, 0.15) is 17.3 Å². The summed E-state index contributed by atoms with van der Waals surface area (Å²) in [6, 6.07) is 19.1. The Labute approximate surface area is 178 Å². The lowest BCUT2D eigenvalue weighted by molar-refractivity contribution is 0.398. The fraction of sp³-hybridized carbons (Fsp3) is 0.0417. The molecule has 2 aromatic carbocycles. The van der Waals surface area contributed by atoms with Crippen molar-refractivity contribution < 1.29 is 9.47 Å². The highest BCUT2D eigenvalue weighted by Crippen LogP contribution is 2.34. The number of ether oxygens (including phenoxy) is 2. The van der Waals surface area contributed by atoms with Crippen LogP contribution in [0, 0.1) is 6.42 Å². The van der Waals surface area contributed by atoms with Crippen LogP contribution in [0.3, 0.4) is 0 Å². The van der Waals surface area contributed by atoms with Gasteiger partial charge in [-0.2, -0.15) is 0 Å². The third kappa shape index (κ3) is 3.93. The molecule has 7 heteroatoms. The van der Waals surface area contributed by atoms with Gasteiger partial charge in [0.25, 0.3) is 0 Å². The van der Waals surface area contributed by atoms with Gasteiger partial charge in [-0.1, -0.05) is 24.3 Å². The SMILES string of the molecule is COc1ncccc1-c1nccnc1Oc1ccc([C]c2nc3ccccc3[nH]2)cc1. The van der Waals surface area contributed by atoms with E-state index in [9.17, 15) is 0 Å². The molecule has 0 saturated heterocycles. The molecular formula is C24H17N5O2. The quantitative estimate of drug-likeness (QED) is 0.439. The van der Waals surface area contributed by atoms with E-state index in [0.29, 0.717) is 34.6 Å². The average molecular weight is 407 g/mol. The van der Waals surface area contributed by atoms with E-state index >= 15 is 0 Å². The van der Waals surface area contributed by atoms with Gasteiger partial charge in [-0.25, -0.2) is 19.9 Å². The first kappa shape index (κ1) is 18.7. The fourth-order valence-electron chi connectivity index (χ4n) is 3.19. The zero-order chi connectivity index (χ0) is 21.0. The summed E-state index contributed by atoms with van der Waals surface area (Å²) in [7, 11) is 1.57. The number of hydrogen-bond donors (Lipinski definition) is 1. The molecule has 0 saturated carbocycles. The molecule has 1 N–H and O–H groups in total. The summed E-state index contributed by atoms with van der Waals surface area (Å²) in [4.78, 5) is 20.8. The topological polar surface area (TPSA) is 85.8 Å². The molecule has 0 bridgehead atoms. The Morgan fingerprint density at radius 1 is 0.806 bits per heavy atom. The summed E-state index contributed by atoms with van der Waals surface area (Å²) in [6.45, 7) is 0. The minimum Gasteiger partial charge on any atom is -0.481 e. The number of para-hydroxylation sites is 2. The van der Waals surface area contributed by atoms with Crippen molar-refractivity contribution in [1.29, 1.82) is 0 Å². The second kappa shape index (κ2) is 8.23. The normalized spacial score (nSPS) is 10.9. The van der Waals surface area contributed by atoms with Crippen molar-refractivity contribution in [2.24, 2.45) is 0 Å². The number of fused-ring (bicyclic) bond motifs is 1. The first-order valence-corrected chi connectivity index (χ1v) is 9.60. The molecule has 3 heterocycles. The first-order chi connectivity index (χ1) is 15.3. The molecule has 0 aliphatic carbocycles. The maximum atomic E-state index is 6.01. The Balaban J connectivity index is 1.37. The molecule has 0 fully saturated rings. The maximum Gasteiger partial charge on any atom is 0.246 e. The highest BCUT2D eigenvalue weighted by atomic mass is 16.5. The van der Waals surface area contributed by atoms with Gasteiger partial charge in [0.2, 0.25) is 11.8 Å². The zero-order valence-corrected chi connectivity index (χ0v) is 16.6. The third-order valence-electron chi connectivity index (χ3n) is 4.61. The highest BCUT2D eigenvalue weighted by molar-refractivity contribution is 5.75. The van der Waals surface area contributed by atoms with Gasteiger partial charge in [0.15, 0.2) is 0 Å². The Bertz CT molecular complexity index is 1300. The van der Waals surface area contributed by atoms with Gasteiger partial charge in [-0.3, -0.25) is 0 Å². The van der Waals surface area contributed by atoms with Gasteiger partial charge in [-0.15, -0.1) is 0 Å². The monoisotopic (exact) mass is 407 g/mol. The number of aromatic nitrogens is 5. The fourth-order valence-corrected chi connectivity index (χ4v) is 3.19. The minimum absolute atomic E-state index is 0.367. The lowest BCUT2D eigenvalue weighted by atomic mass is 10.1. The van der Waals surface area contributed by atoms with Crippen molar-refractivity contribution in [2.75, 3.05) is 7.11 Å². The average Bonchev–Trinajstić information content (AvgIpc) is 3.23. The Hall–Kier alpha value is -4.26. The number of nitrogens with zero attached hydrogens (tertiary/aromatic N) is 4. The van der Waals surface area contributed by atoms with Crippen molar-refractivity contribution in [3.63, 3.8) is 0 Å². The number of nitrogens with one attached hydrogen (secondary N) is 1. The van der Waals surface area contributed by atoms with Crippen molar-refractivity contribution in [2.45, 2.75) is 0 Å². The summed E-state index contributed by atoms with van der Waals surface area (Å²) in [5.74, 6) is 2.12. The van der Waals surface area contributed by atoms with E-state index in [0.717, 1.165) is 16.6 Å². The zero-order valence-electron chi connectivity index (χ0n) is 16.6. The molecule has 150 valence electrons. The van der Waals surface area contributed by atoms with E-state index in [4.69, 9.17) is 9.47 Å². The first-order valence-electron chi connectivity index (χ1n) is 9.60. The van der Waals surface area contributed by atoms with Crippen LogP contribution >= 0.6 is 0 Å². The van der Waals surface area contributed by atoms with E-state index in [2.05, 4.69) is 31.3 Å². The van der Waals surface area contributed by atoms with E-state index in [1.54, 1.807) is 25.7 Å². The number of methoxy groups -OCH3 is 1. The number of H-pyrrole nitrogens is 1. The Morgan fingerprint density at radius 3 is 2.45 bits per heavy atom. The van der Waals surface area contributed by atoms with Crippen molar-refractivity contribution in [3.05, 3.63) is 97.1 Å². The molecule has 3 aromatic heterocycles. The standard InChI is InChI=1S/C24H17N5O2/c1-30-23-18(5-4-12-26-23)22-24(27-14-13-25-22)31-17-10-8-16(9-11-17)15-21-28-19-6-2-3-7-20(19)29-21/h2-14H,1H3,(H,28,29). The van der Waals surface area contributed by atoms with Gasteiger partial charge in [0.05, 0.1) is 30.1 Å². The number of aromatic amines is 1. The third-order valence-corrected chi connectivity index (χ3v) is 4.61. The van der Waals surface area contributed by atoms with Crippen LogP contribution in [0.5, 0.6) is 17.5 Å². The number of imidazole rings is 1. The molecular weight excluding hydrogens is 390 g/mol. The molecule has 0 spiro atoms. The van der Waals surface area contributed by atoms with Gasteiger partial charge in [-0.05, 0) is 42.0 Å².